The second-order valence-corrected chi connectivity index (χ2v) is 8.25. The fourth-order valence-electron chi connectivity index (χ4n) is 3.27. The number of hydrogen-bond acceptors (Lipinski definition) is 5. The molecular formula is C17H27NO4S. The van der Waals surface area contributed by atoms with Crippen LogP contribution in [0.25, 0.3) is 0 Å². The maximum absolute atomic E-state index is 12.2. The normalized spacial score (nSPS) is 26.7. The minimum atomic E-state index is -0.483. The van der Waals surface area contributed by atoms with Crippen molar-refractivity contribution in [3.8, 4) is 0 Å². The summed E-state index contributed by atoms with van der Waals surface area (Å²) in [6.45, 7) is 10.6. The molecule has 1 amide bonds. The minimum absolute atomic E-state index is 0.0655. The topological polar surface area (TPSA) is 55.8 Å². The Morgan fingerprint density at radius 2 is 2.04 bits per heavy atom. The lowest BCUT2D eigenvalue weighted by atomic mass is 9.99. The van der Waals surface area contributed by atoms with Gasteiger partial charge in [0, 0.05) is 24.8 Å². The smallest absolute Gasteiger partial charge is 0.410 e. The van der Waals surface area contributed by atoms with Gasteiger partial charge in [-0.25, -0.2) is 4.79 Å². The highest BCUT2D eigenvalue weighted by molar-refractivity contribution is 8.00. The van der Waals surface area contributed by atoms with E-state index in [2.05, 4.69) is 6.58 Å². The summed E-state index contributed by atoms with van der Waals surface area (Å²) in [6.07, 6.45) is 3.35. The van der Waals surface area contributed by atoms with E-state index >= 15 is 0 Å². The van der Waals surface area contributed by atoms with Crippen molar-refractivity contribution >= 4 is 23.8 Å². The van der Waals surface area contributed by atoms with Crippen LogP contribution in [-0.2, 0) is 14.3 Å². The van der Waals surface area contributed by atoms with E-state index in [1.54, 1.807) is 11.0 Å². The molecule has 0 aromatic heterocycles. The minimum Gasteiger partial charge on any atom is -0.461 e. The Balaban J connectivity index is 1.83. The van der Waals surface area contributed by atoms with E-state index < -0.39 is 5.60 Å². The second kappa shape index (κ2) is 7.60. The third kappa shape index (κ3) is 5.16. The monoisotopic (exact) mass is 341 g/mol. The third-order valence-corrected chi connectivity index (χ3v) is 5.09. The molecule has 0 unspecified atom stereocenters. The number of ether oxygens (including phenoxy) is 2. The highest BCUT2D eigenvalue weighted by Gasteiger charge is 2.46. The average molecular weight is 341 g/mol. The molecule has 1 aliphatic carbocycles. The highest BCUT2D eigenvalue weighted by atomic mass is 32.2. The predicted octanol–water partition coefficient (Wildman–Crippen LogP) is 3.09. The van der Waals surface area contributed by atoms with Crippen LogP contribution in [0, 0.1) is 11.8 Å². The molecule has 5 nitrogen and oxygen atoms in total. The average Bonchev–Trinajstić information content (AvgIpc) is 2.99. The highest BCUT2D eigenvalue weighted by Crippen LogP contribution is 2.40. The Labute approximate surface area is 142 Å². The number of carbonyl (C=O) groups is 2. The van der Waals surface area contributed by atoms with E-state index in [0.717, 1.165) is 18.6 Å². The SMILES string of the molecule is C=CCSCC(=O)O[C@@H]1CC[C@@H]2CN(C(=O)OC(C)(C)C)C[C@@H]21. The number of hydrogen-bond donors (Lipinski definition) is 0. The van der Waals surface area contributed by atoms with Gasteiger partial charge in [-0.3, -0.25) is 4.79 Å². The summed E-state index contributed by atoms with van der Waals surface area (Å²) in [4.78, 5) is 25.8. The fraction of sp³-hybridized carbons (Fsp3) is 0.765. The molecule has 0 radical (unpaired) electrons. The van der Waals surface area contributed by atoms with Gasteiger partial charge in [0.2, 0.25) is 0 Å². The van der Waals surface area contributed by atoms with Gasteiger partial charge in [-0.1, -0.05) is 6.08 Å². The first-order valence-corrected chi connectivity index (χ1v) is 9.31. The Morgan fingerprint density at radius 3 is 2.70 bits per heavy atom. The standard InChI is InChI=1S/C17H27NO4S/c1-5-8-23-11-15(19)21-14-7-6-12-9-18(10-13(12)14)16(20)22-17(2,3)4/h5,12-14H,1,6-11H2,2-4H3/t12-,13+,14-/m1/s1. The Morgan fingerprint density at radius 1 is 1.30 bits per heavy atom. The van der Waals surface area contributed by atoms with Crippen LogP contribution < -0.4 is 0 Å². The number of likely N-dealkylation sites (tertiary alicyclic amines) is 1. The van der Waals surface area contributed by atoms with Gasteiger partial charge in [-0.05, 0) is 39.5 Å². The van der Waals surface area contributed by atoms with Crippen LogP contribution in [0.2, 0.25) is 0 Å². The largest absolute Gasteiger partial charge is 0.461 e. The molecule has 3 atom stereocenters. The molecule has 23 heavy (non-hydrogen) atoms. The van der Waals surface area contributed by atoms with E-state index in [1.807, 2.05) is 20.8 Å². The van der Waals surface area contributed by atoms with Crippen molar-refractivity contribution < 1.29 is 19.1 Å². The summed E-state index contributed by atoms with van der Waals surface area (Å²) in [5, 5.41) is 0. The van der Waals surface area contributed by atoms with Gasteiger partial charge in [0.1, 0.15) is 11.7 Å². The Hall–Kier alpha value is -1.17. The van der Waals surface area contributed by atoms with Crippen molar-refractivity contribution in [1.29, 1.82) is 0 Å². The lowest BCUT2D eigenvalue weighted by Gasteiger charge is -2.25. The van der Waals surface area contributed by atoms with E-state index in [1.165, 1.54) is 11.8 Å². The molecule has 1 saturated carbocycles. The molecule has 2 fully saturated rings. The number of carbonyl (C=O) groups excluding carboxylic acids is 2. The van der Waals surface area contributed by atoms with Gasteiger partial charge < -0.3 is 14.4 Å². The van der Waals surface area contributed by atoms with E-state index in [-0.39, 0.29) is 24.1 Å². The van der Waals surface area contributed by atoms with Crippen LogP contribution >= 0.6 is 11.8 Å². The number of nitrogens with zero attached hydrogens (tertiary/aromatic N) is 1. The van der Waals surface area contributed by atoms with Gasteiger partial charge >= 0.3 is 12.1 Å². The van der Waals surface area contributed by atoms with Gasteiger partial charge in [-0.15, -0.1) is 18.3 Å². The molecule has 0 aromatic rings. The maximum atomic E-state index is 12.2. The molecule has 0 aromatic carbocycles. The molecule has 0 bridgehead atoms. The van der Waals surface area contributed by atoms with Crippen molar-refractivity contribution in [3.63, 3.8) is 0 Å². The molecule has 2 aliphatic rings. The molecule has 1 aliphatic heterocycles. The molecule has 1 saturated heterocycles. The first-order valence-electron chi connectivity index (χ1n) is 8.16. The van der Waals surface area contributed by atoms with E-state index in [4.69, 9.17) is 9.47 Å². The first-order chi connectivity index (χ1) is 10.8. The summed E-state index contributed by atoms with van der Waals surface area (Å²) in [6, 6.07) is 0. The maximum Gasteiger partial charge on any atom is 0.410 e. The first kappa shape index (κ1) is 18.2. The van der Waals surface area contributed by atoms with Crippen molar-refractivity contribution in [3.05, 3.63) is 12.7 Å². The summed E-state index contributed by atoms with van der Waals surface area (Å²) >= 11 is 1.50. The molecular weight excluding hydrogens is 314 g/mol. The summed E-state index contributed by atoms with van der Waals surface area (Å²) < 4.78 is 11.1. The molecule has 2 rings (SSSR count). The Kier molecular flexibility index (Phi) is 6.00. The van der Waals surface area contributed by atoms with Gasteiger partial charge in [0.15, 0.2) is 0 Å². The fourth-order valence-corrected chi connectivity index (χ4v) is 3.79. The van der Waals surface area contributed by atoms with E-state index in [9.17, 15) is 9.59 Å². The van der Waals surface area contributed by atoms with Crippen molar-refractivity contribution in [2.75, 3.05) is 24.6 Å². The van der Waals surface area contributed by atoms with Gasteiger partial charge in [0.25, 0.3) is 0 Å². The summed E-state index contributed by atoms with van der Waals surface area (Å²) in [7, 11) is 0. The van der Waals surface area contributed by atoms with E-state index in [0.29, 0.717) is 24.8 Å². The zero-order valence-electron chi connectivity index (χ0n) is 14.2. The summed E-state index contributed by atoms with van der Waals surface area (Å²) in [5.74, 6) is 1.60. The summed E-state index contributed by atoms with van der Waals surface area (Å²) in [5.41, 5.74) is -0.483. The zero-order chi connectivity index (χ0) is 17.0. The number of rotatable bonds is 5. The molecule has 0 spiro atoms. The van der Waals surface area contributed by atoms with Crippen LogP contribution in [0.5, 0.6) is 0 Å². The number of esters is 1. The second-order valence-electron chi connectivity index (χ2n) is 7.22. The van der Waals surface area contributed by atoms with Crippen LogP contribution in [-0.4, -0.2) is 53.3 Å². The Bertz CT molecular complexity index is 460. The molecule has 6 heteroatoms. The lowest BCUT2D eigenvalue weighted by Crippen LogP contribution is -2.37. The third-order valence-electron chi connectivity index (χ3n) is 4.18. The predicted molar refractivity (Wildman–Crippen MR) is 91.4 cm³/mol. The van der Waals surface area contributed by atoms with Crippen LogP contribution in [0.3, 0.4) is 0 Å². The van der Waals surface area contributed by atoms with Crippen LogP contribution in [0.4, 0.5) is 4.79 Å². The lowest BCUT2D eigenvalue weighted by molar-refractivity contribution is -0.147. The number of thioether (sulfide) groups is 1. The van der Waals surface area contributed by atoms with Gasteiger partial charge in [-0.2, -0.15) is 0 Å². The van der Waals surface area contributed by atoms with Gasteiger partial charge in [0.05, 0.1) is 5.75 Å². The van der Waals surface area contributed by atoms with Crippen LogP contribution in [0.15, 0.2) is 12.7 Å². The number of amides is 1. The number of fused-ring (bicyclic) bond motifs is 1. The van der Waals surface area contributed by atoms with Crippen molar-refractivity contribution in [2.45, 2.75) is 45.3 Å². The molecule has 0 N–H and O–H groups in total. The zero-order valence-corrected chi connectivity index (χ0v) is 15.1. The van der Waals surface area contributed by atoms with Crippen LogP contribution in [0.1, 0.15) is 33.6 Å². The molecule has 1 heterocycles. The van der Waals surface area contributed by atoms with Crippen molar-refractivity contribution in [2.24, 2.45) is 11.8 Å². The van der Waals surface area contributed by atoms with Crippen molar-refractivity contribution in [1.82, 2.24) is 4.90 Å². The quantitative estimate of drug-likeness (QED) is 0.437. The molecule has 130 valence electrons.